The van der Waals surface area contributed by atoms with Gasteiger partial charge in [0, 0.05) is 7.05 Å². The van der Waals surface area contributed by atoms with Gasteiger partial charge in [-0.2, -0.15) is 5.10 Å². The van der Waals surface area contributed by atoms with Crippen molar-refractivity contribution < 1.29 is 4.79 Å². The number of aromatic nitrogens is 4. The van der Waals surface area contributed by atoms with Gasteiger partial charge in [0.05, 0.1) is 11.6 Å². The lowest BCUT2D eigenvalue weighted by atomic mass is 10.2. The second kappa shape index (κ2) is 4.97. The smallest absolute Gasteiger partial charge is 0.237 e. The zero-order valence-corrected chi connectivity index (χ0v) is 11.2. The molecule has 0 saturated carbocycles. The summed E-state index contributed by atoms with van der Waals surface area (Å²) < 4.78 is 3.46. The summed E-state index contributed by atoms with van der Waals surface area (Å²) in [7, 11) is 1.83. The van der Waals surface area contributed by atoms with Crippen molar-refractivity contribution in [2.45, 2.75) is 32.2 Å². The molecule has 0 fully saturated rings. The van der Waals surface area contributed by atoms with Crippen LogP contribution in [0.4, 0.5) is 0 Å². The van der Waals surface area contributed by atoms with Crippen LogP contribution >= 0.6 is 11.6 Å². The highest BCUT2D eigenvalue weighted by Crippen LogP contribution is 2.21. The van der Waals surface area contributed by atoms with E-state index >= 15 is 0 Å². The number of nitrogens with two attached hydrogens (primary N) is 1. The Labute approximate surface area is 110 Å². The van der Waals surface area contributed by atoms with Gasteiger partial charge in [0.15, 0.2) is 5.65 Å². The number of carbonyl (C=O) groups is 1. The molecule has 0 aliphatic carbocycles. The summed E-state index contributed by atoms with van der Waals surface area (Å²) in [6.07, 6.45) is 1.84. The van der Waals surface area contributed by atoms with Gasteiger partial charge in [-0.1, -0.05) is 13.3 Å². The van der Waals surface area contributed by atoms with E-state index in [-0.39, 0.29) is 12.4 Å². The number of amides is 1. The molecule has 0 atom stereocenters. The minimum Gasteiger partial charge on any atom is -0.368 e. The Morgan fingerprint density at radius 1 is 1.50 bits per heavy atom. The van der Waals surface area contributed by atoms with Crippen molar-refractivity contribution in [2.24, 2.45) is 12.8 Å². The van der Waals surface area contributed by atoms with E-state index in [2.05, 4.69) is 17.0 Å². The lowest BCUT2D eigenvalue weighted by molar-refractivity contribution is -0.118. The Balaban J connectivity index is 2.63. The molecule has 0 aliphatic heterocycles. The van der Waals surface area contributed by atoms with Gasteiger partial charge in [0.1, 0.15) is 17.9 Å². The number of alkyl halides is 1. The fraction of sp³-hybridized carbons (Fsp3) is 0.545. The first kappa shape index (κ1) is 12.9. The molecule has 7 heteroatoms. The minimum atomic E-state index is -0.418. The molecule has 0 aromatic carbocycles. The molecule has 2 heterocycles. The van der Waals surface area contributed by atoms with Crippen LogP contribution in [0.5, 0.6) is 0 Å². The van der Waals surface area contributed by atoms with Crippen molar-refractivity contribution in [3.63, 3.8) is 0 Å². The van der Waals surface area contributed by atoms with E-state index < -0.39 is 5.91 Å². The van der Waals surface area contributed by atoms with Gasteiger partial charge < -0.3 is 10.3 Å². The van der Waals surface area contributed by atoms with Crippen LogP contribution in [-0.4, -0.2) is 25.2 Å². The third-order valence-electron chi connectivity index (χ3n) is 2.79. The summed E-state index contributed by atoms with van der Waals surface area (Å²) in [5.74, 6) is 0.475. The van der Waals surface area contributed by atoms with E-state index in [1.165, 1.54) is 0 Å². The predicted molar refractivity (Wildman–Crippen MR) is 69.2 cm³/mol. The number of primary amides is 1. The Morgan fingerprint density at radius 3 is 2.78 bits per heavy atom. The number of nitrogens with zero attached hydrogens (tertiary/aromatic N) is 4. The van der Waals surface area contributed by atoms with Gasteiger partial charge in [0.25, 0.3) is 0 Å². The molecule has 0 radical (unpaired) electrons. The number of rotatable bonds is 5. The van der Waals surface area contributed by atoms with Crippen molar-refractivity contribution in [1.82, 2.24) is 19.3 Å². The Hall–Kier alpha value is -1.56. The fourth-order valence-electron chi connectivity index (χ4n) is 2.12. The zero-order chi connectivity index (χ0) is 13.3. The average Bonchev–Trinajstić information content (AvgIpc) is 2.79. The number of fused-ring (bicyclic) bond motifs is 1. The normalized spacial score (nSPS) is 11.3. The fourth-order valence-corrected chi connectivity index (χ4v) is 2.32. The van der Waals surface area contributed by atoms with Gasteiger partial charge in [0.2, 0.25) is 5.91 Å². The standard InChI is InChI=1S/C11H16ClN5O/c1-3-4-7-10-11(16(2)15-7)17(6-8(13)18)9(5-12)14-10/h3-6H2,1-2H3,(H2,13,18). The summed E-state index contributed by atoms with van der Waals surface area (Å²) in [5.41, 5.74) is 7.80. The van der Waals surface area contributed by atoms with E-state index in [0.29, 0.717) is 5.82 Å². The Morgan fingerprint density at radius 2 is 2.22 bits per heavy atom. The largest absolute Gasteiger partial charge is 0.368 e. The number of aryl methyl sites for hydroxylation is 2. The lowest BCUT2D eigenvalue weighted by Crippen LogP contribution is -2.20. The molecule has 0 unspecified atom stereocenters. The van der Waals surface area contributed by atoms with E-state index in [4.69, 9.17) is 17.3 Å². The van der Waals surface area contributed by atoms with Crippen molar-refractivity contribution in [3.8, 4) is 0 Å². The molecular weight excluding hydrogens is 254 g/mol. The molecule has 18 heavy (non-hydrogen) atoms. The van der Waals surface area contributed by atoms with E-state index in [0.717, 1.165) is 29.7 Å². The van der Waals surface area contributed by atoms with Gasteiger partial charge in [-0.15, -0.1) is 11.6 Å². The van der Waals surface area contributed by atoms with Crippen molar-refractivity contribution in [3.05, 3.63) is 11.5 Å². The van der Waals surface area contributed by atoms with Crippen LogP contribution < -0.4 is 5.73 Å². The molecule has 98 valence electrons. The molecule has 2 N–H and O–H groups in total. The monoisotopic (exact) mass is 269 g/mol. The van der Waals surface area contributed by atoms with Crippen molar-refractivity contribution >= 4 is 28.7 Å². The average molecular weight is 270 g/mol. The molecular formula is C11H16ClN5O. The summed E-state index contributed by atoms with van der Waals surface area (Å²) in [5, 5.41) is 4.42. The molecule has 1 amide bonds. The van der Waals surface area contributed by atoms with Crippen LogP contribution in [0, 0.1) is 0 Å². The molecule has 0 aliphatic rings. The highest BCUT2D eigenvalue weighted by Gasteiger charge is 2.19. The number of halogens is 1. The van der Waals surface area contributed by atoms with Crippen LogP contribution in [0.1, 0.15) is 24.9 Å². The highest BCUT2D eigenvalue weighted by molar-refractivity contribution is 6.16. The van der Waals surface area contributed by atoms with Crippen LogP contribution in [0.3, 0.4) is 0 Å². The summed E-state index contributed by atoms with van der Waals surface area (Å²) in [6, 6.07) is 0. The topological polar surface area (TPSA) is 78.7 Å². The maximum atomic E-state index is 11.1. The molecule has 2 rings (SSSR count). The number of hydrogen-bond acceptors (Lipinski definition) is 3. The van der Waals surface area contributed by atoms with Crippen LogP contribution in [0.2, 0.25) is 0 Å². The first-order chi connectivity index (χ1) is 8.58. The van der Waals surface area contributed by atoms with Gasteiger partial charge in [-0.05, 0) is 6.42 Å². The number of hydrogen-bond donors (Lipinski definition) is 1. The van der Waals surface area contributed by atoms with E-state index in [1.54, 1.807) is 9.25 Å². The predicted octanol–water partition coefficient (Wildman–Crippen LogP) is 0.946. The molecule has 0 saturated heterocycles. The number of carbonyl (C=O) groups excluding carboxylic acids is 1. The second-order valence-corrected chi connectivity index (χ2v) is 4.47. The lowest BCUT2D eigenvalue weighted by Gasteiger charge is -2.04. The maximum absolute atomic E-state index is 11.1. The van der Waals surface area contributed by atoms with Crippen LogP contribution in [0.15, 0.2) is 0 Å². The second-order valence-electron chi connectivity index (χ2n) is 4.21. The van der Waals surface area contributed by atoms with Crippen molar-refractivity contribution in [1.29, 1.82) is 0 Å². The summed E-state index contributed by atoms with van der Waals surface area (Å²) in [4.78, 5) is 15.6. The number of imidazole rings is 1. The Kier molecular flexibility index (Phi) is 3.56. The zero-order valence-electron chi connectivity index (χ0n) is 10.5. The van der Waals surface area contributed by atoms with Gasteiger partial charge in [-0.25, -0.2) is 4.98 Å². The molecule has 6 nitrogen and oxygen atoms in total. The molecule has 2 aromatic heterocycles. The van der Waals surface area contributed by atoms with Crippen LogP contribution in [0.25, 0.3) is 11.2 Å². The van der Waals surface area contributed by atoms with E-state index in [1.807, 2.05) is 7.05 Å². The maximum Gasteiger partial charge on any atom is 0.237 e. The van der Waals surface area contributed by atoms with Gasteiger partial charge in [-0.3, -0.25) is 9.48 Å². The SMILES string of the molecule is CCCc1nn(C)c2c1nc(CCl)n2CC(N)=O. The third-order valence-corrected chi connectivity index (χ3v) is 3.03. The minimum absolute atomic E-state index is 0.0731. The van der Waals surface area contributed by atoms with Crippen LogP contribution in [-0.2, 0) is 30.7 Å². The summed E-state index contributed by atoms with van der Waals surface area (Å²) >= 11 is 5.86. The van der Waals surface area contributed by atoms with Gasteiger partial charge >= 0.3 is 0 Å². The highest BCUT2D eigenvalue weighted by atomic mass is 35.5. The Bertz CT molecular complexity index is 586. The first-order valence-electron chi connectivity index (χ1n) is 5.83. The first-order valence-corrected chi connectivity index (χ1v) is 6.37. The third kappa shape index (κ3) is 2.08. The molecule has 0 spiro atoms. The molecule has 0 bridgehead atoms. The molecule has 2 aromatic rings. The van der Waals surface area contributed by atoms with Crippen molar-refractivity contribution in [2.75, 3.05) is 0 Å². The quantitative estimate of drug-likeness (QED) is 0.821. The summed E-state index contributed by atoms with van der Waals surface area (Å²) in [6.45, 7) is 2.16. The van der Waals surface area contributed by atoms with E-state index in [9.17, 15) is 4.79 Å².